The number of halogens is 2. The number of aliphatic imine (C=N–C) groups is 1. The lowest BCUT2D eigenvalue weighted by atomic mass is 9.85. The predicted molar refractivity (Wildman–Crippen MR) is 124 cm³/mol. The zero-order valence-corrected chi connectivity index (χ0v) is 18.6. The Balaban J connectivity index is 1.97. The van der Waals surface area contributed by atoms with Crippen LogP contribution in [-0.4, -0.2) is 21.8 Å². The van der Waals surface area contributed by atoms with Crippen LogP contribution in [0.3, 0.4) is 0 Å². The molecule has 1 atom stereocenters. The molecular formula is C25H23ClFN3O2. The fourth-order valence-corrected chi connectivity index (χ4v) is 3.29. The van der Waals surface area contributed by atoms with E-state index >= 15 is 0 Å². The smallest absolute Gasteiger partial charge is 0.138 e. The zero-order valence-electron chi connectivity index (χ0n) is 17.8. The van der Waals surface area contributed by atoms with E-state index in [-0.39, 0.29) is 12.1 Å². The maximum absolute atomic E-state index is 14.6. The fraction of sp³-hybridized carbons (Fsp3) is 0.160. The number of hydrogen-bond acceptors (Lipinski definition) is 5. The van der Waals surface area contributed by atoms with Crippen LogP contribution in [0.1, 0.15) is 23.6 Å². The SMILES string of the molecule is C=NC(=CC=C(C)Oc1ccc(Cl)cc1)C(O)(Cc1ccc(C)cc1F)c1cncnc1. The summed E-state index contributed by atoms with van der Waals surface area (Å²) in [6, 6.07) is 11.8. The minimum Gasteiger partial charge on any atom is -0.462 e. The summed E-state index contributed by atoms with van der Waals surface area (Å²) >= 11 is 5.90. The van der Waals surface area contributed by atoms with E-state index in [1.807, 2.05) is 0 Å². The number of allylic oxidation sites excluding steroid dienone is 3. The topological polar surface area (TPSA) is 67.6 Å². The molecule has 0 bridgehead atoms. The van der Waals surface area contributed by atoms with Gasteiger partial charge in [0.05, 0.1) is 5.70 Å². The van der Waals surface area contributed by atoms with Crippen molar-refractivity contribution in [2.45, 2.75) is 25.9 Å². The Labute approximate surface area is 191 Å². The van der Waals surface area contributed by atoms with Crippen LogP contribution in [0.25, 0.3) is 0 Å². The lowest BCUT2D eigenvalue weighted by molar-refractivity contribution is 0.0736. The van der Waals surface area contributed by atoms with Crippen LogP contribution in [0.5, 0.6) is 5.75 Å². The highest BCUT2D eigenvalue weighted by Crippen LogP contribution is 2.34. The molecule has 0 aliphatic carbocycles. The number of aromatic nitrogens is 2. The van der Waals surface area contributed by atoms with Gasteiger partial charge in [0, 0.05) is 29.4 Å². The molecule has 32 heavy (non-hydrogen) atoms. The maximum Gasteiger partial charge on any atom is 0.138 e. The van der Waals surface area contributed by atoms with Crippen molar-refractivity contribution in [3.8, 4) is 5.75 Å². The number of benzene rings is 2. The molecule has 164 valence electrons. The van der Waals surface area contributed by atoms with Gasteiger partial charge >= 0.3 is 0 Å². The largest absolute Gasteiger partial charge is 0.462 e. The van der Waals surface area contributed by atoms with Crippen LogP contribution >= 0.6 is 11.6 Å². The molecule has 3 aromatic rings. The Morgan fingerprint density at radius 3 is 2.50 bits per heavy atom. The van der Waals surface area contributed by atoms with Gasteiger partial charge in [0.2, 0.25) is 0 Å². The normalized spacial score (nSPS) is 14.0. The van der Waals surface area contributed by atoms with Gasteiger partial charge in [-0.2, -0.15) is 0 Å². The summed E-state index contributed by atoms with van der Waals surface area (Å²) in [5.41, 5.74) is -0.0338. The molecule has 1 heterocycles. The molecule has 3 rings (SSSR count). The van der Waals surface area contributed by atoms with E-state index in [2.05, 4.69) is 21.7 Å². The third-order valence-electron chi connectivity index (χ3n) is 4.86. The Morgan fingerprint density at radius 1 is 1.19 bits per heavy atom. The van der Waals surface area contributed by atoms with Gasteiger partial charge in [-0.1, -0.05) is 23.7 Å². The quantitative estimate of drug-likeness (QED) is 0.276. The number of aryl methyl sites for hydroxylation is 1. The minimum atomic E-state index is -1.71. The van der Waals surface area contributed by atoms with Crippen LogP contribution in [0, 0.1) is 12.7 Å². The van der Waals surface area contributed by atoms with E-state index in [0.29, 0.717) is 27.7 Å². The summed E-state index contributed by atoms with van der Waals surface area (Å²) < 4.78 is 20.4. The fourth-order valence-electron chi connectivity index (χ4n) is 3.16. The number of rotatable bonds is 8. The van der Waals surface area contributed by atoms with Gasteiger partial charge in [-0.3, -0.25) is 4.99 Å². The molecule has 0 spiro atoms. The molecule has 1 unspecified atom stereocenters. The van der Waals surface area contributed by atoms with Crippen molar-refractivity contribution in [1.29, 1.82) is 0 Å². The standard InChI is InChI=1S/C25H23ClFN3O2/c1-17-4-6-19(23(27)12-17)13-25(31,20-14-29-16-30-15-20)24(28-3)11-5-18(2)32-22-9-7-21(26)8-10-22/h4-12,14-16,31H,3,13H2,1-2H3. The molecule has 0 aliphatic heterocycles. The van der Waals surface area contributed by atoms with Gasteiger partial charge in [0.1, 0.15) is 29.3 Å². The number of hydrogen-bond donors (Lipinski definition) is 1. The van der Waals surface area contributed by atoms with E-state index in [4.69, 9.17) is 16.3 Å². The van der Waals surface area contributed by atoms with Crippen LogP contribution in [0.4, 0.5) is 4.39 Å². The third kappa shape index (κ3) is 5.66. The van der Waals surface area contributed by atoms with Gasteiger partial charge in [0.25, 0.3) is 0 Å². The highest BCUT2D eigenvalue weighted by atomic mass is 35.5. The molecule has 1 N–H and O–H groups in total. The Morgan fingerprint density at radius 2 is 1.88 bits per heavy atom. The molecule has 0 aliphatic rings. The average molecular weight is 452 g/mol. The Hall–Kier alpha value is -3.35. The van der Waals surface area contributed by atoms with Gasteiger partial charge in [-0.05, 0) is 74.2 Å². The summed E-state index contributed by atoms with van der Waals surface area (Å²) in [5, 5.41) is 12.3. The molecular weight excluding hydrogens is 429 g/mol. The highest BCUT2D eigenvalue weighted by molar-refractivity contribution is 6.30. The molecule has 1 aromatic heterocycles. The Bertz CT molecular complexity index is 1150. The third-order valence-corrected chi connectivity index (χ3v) is 5.11. The van der Waals surface area contributed by atoms with E-state index in [9.17, 15) is 9.50 Å². The summed E-state index contributed by atoms with van der Waals surface area (Å²) in [7, 11) is 0. The second kappa shape index (κ2) is 10.3. The van der Waals surface area contributed by atoms with E-state index in [0.717, 1.165) is 5.56 Å². The molecule has 5 nitrogen and oxygen atoms in total. The van der Waals surface area contributed by atoms with Crippen LogP contribution in [0.2, 0.25) is 5.02 Å². The molecule has 2 aromatic carbocycles. The summed E-state index contributed by atoms with van der Waals surface area (Å²) in [6.07, 6.45) is 7.45. The zero-order chi connectivity index (χ0) is 23.1. The first-order chi connectivity index (χ1) is 15.3. The van der Waals surface area contributed by atoms with E-state index < -0.39 is 11.4 Å². The van der Waals surface area contributed by atoms with Crippen LogP contribution < -0.4 is 4.74 Å². The molecule has 0 fully saturated rings. The first-order valence-electron chi connectivity index (χ1n) is 9.84. The molecule has 7 heteroatoms. The van der Waals surface area contributed by atoms with E-state index in [1.165, 1.54) is 24.8 Å². The van der Waals surface area contributed by atoms with Crippen molar-refractivity contribution in [1.82, 2.24) is 9.97 Å². The molecule has 0 amide bonds. The summed E-state index contributed by atoms with van der Waals surface area (Å²) in [6.45, 7) is 7.17. The lowest BCUT2D eigenvalue weighted by Gasteiger charge is -2.29. The predicted octanol–water partition coefficient (Wildman–Crippen LogP) is 5.58. The van der Waals surface area contributed by atoms with Crippen molar-refractivity contribution in [2.75, 3.05) is 0 Å². The highest BCUT2D eigenvalue weighted by Gasteiger charge is 2.35. The van der Waals surface area contributed by atoms with Gasteiger partial charge in [0.15, 0.2) is 0 Å². The van der Waals surface area contributed by atoms with Crippen molar-refractivity contribution in [3.63, 3.8) is 0 Å². The maximum atomic E-state index is 14.6. The molecule has 0 radical (unpaired) electrons. The lowest BCUT2D eigenvalue weighted by Crippen LogP contribution is -2.31. The Kier molecular flexibility index (Phi) is 7.51. The summed E-state index contributed by atoms with van der Waals surface area (Å²) in [5.74, 6) is 0.737. The van der Waals surface area contributed by atoms with Crippen LogP contribution in [0.15, 0.2) is 89.8 Å². The van der Waals surface area contributed by atoms with Crippen molar-refractivity contribution >= 4 is 18.3 Å². The van der Waals surface area contributed by atoms with Gasteiger partial charge in [-0.15, -0.1) is 0 Å². The van der Waals surface area contributed by atoms with Gasteiger partial charge < -0.3 is 9.84 Å². The summed E-state index contributed by atoms with van der Waals surface area (Å²) in [4.78, 5) is 12.0. The minimum absolute atomic E-state index is 0.0811. The van der Waals surface area contributed by atoms with Gasteiger partial charge in [-0.25, -0.2) is 14.4 Å². The monoisotopic (exact) mass is 451 g/mol. The molecule has 0 saturated carbocycles. The molecule has 0 saturated heterocycles. The average Bonchev–Trinajstić information content (AvgIpc) is 2.78. The van der Waals surface area contributed by atoms with Crippen molar-refractivity contribution < 1.29 is 14.2 Å². The second-order valence-corrected chi connectivity index (χ2v) is 7.74. The van der Waals surface area contributed by atoms with E-state index in [1.54, 1.807) is 62.4 Å². The second-order valence-electron chi connectivity index (χ2n) is 7.30. The van der Waals surface area contributed by atoms with Crippen LogP contribution in [-0.2, 0) is 12.0 Å². The first kappa shape index (κ1) is 23.3. The number of nitrogens with zero attached hydrogens (tertiary/aromatic N) is 3. The number of ether oxygens (including phenoxy) is 1. The first-order valence-corrected chi connectivity index (χ1v) is 10.2. The van der Waals surface area contributed by atoms with Crippen molar-refractivity contribution in [2.24, 2.45) is 4.99 Å². The number of aliphatic hydroxyl groups is 1. The van der Waals surface area contributed by atoms with Crippen molar-refractivity contribution in [3.05, 3.63) is 112 Å².